The van der Waals surface area contributed by atoms with Gasteiger partial charge in [-0.2, -0.15) is 0 Å². The van der Waals surface area contributed by atoms with Gasteiger partial charge in [-0.25, -0.2) is 0 Å². The molecule has 0 aliphatic heterocycles. The van der Waals surface area contributed by atoms with Gasteiger partial charge in [0.1, 0.15) is 12.7 Å². The van der Waals surface area contributed by atoms with Crippen LogP contribution in [0, 0.1) is 0 Å². The van der Waals surface area contributed by atoms with Gasteiger partial charge in [-0.3, -0.25) is 4.79 Å². The molecule has 0 radical (unpaired) electrons. The van der Waals surface area contributed by atoms with Crippen LogP contribution < -0.4 is 5.73 Å². The SMILES string of the molecule is CCCCCCCCCCCCCCCCCC(=O)OCC(O)CN. The second kappa shape index (κ2) is 19.7. The lowest BCUT2D eigenvalue weighted by molar-refractivity contribution is -0.146. The number of carbonyl (C=O) groups is 1. The summed E-state index contributed by atoms with van der Waals surface area (Å²) in [5, 5.41) is 9.21. The van der Waals surface area contributed by atoms with Gasteiger partial charge in [-0.05, 0) is 6.42 Å². The van der Waals surface area contributed by atoms with E-state index in [-0.39, 0.29) is 19.1 Å². The molecular weight excluding hydrogens is 314 g/mol. The highest BCUT2D eigenvalue weighted by Gasteiger charge is 2.06. The van der Waals surface area contributed by atoms with E-state index in [9.17, 15) is 9.90 Å². The molecule has 0 aromatic heterocycles. The third-order valence-corrected chi connectivity index (χ3v) is 4.69. The van der Waals surface area contributed by atoms with Gasteiger partial charge in [0.05, 0.1) is 0 Å². The van der Waals surface area contributed by atoms with Crippen molar-refractivity contribution in [3.63, 3.8) is 0 Å². The standard InChI is InChI=1S/C21H43NO3/c1-2-3-4-5-6-7-8-9-10-11-12-13-14-15-16-17-21(24)25-19-20(23)18-22/h20,23H,2-19,22H2,1H3. The summed E-state index contributed by atoms with van der Waals surface area (Å²) in [7, 11) is 0. The van der Waals surface area contributed by atoms with Gasteiger partial charge in [0.25, 0.3) is 0 Å². The third kappa shape index (κ3) is 19.6. The minimum atomic E-state index is -0.731. The first-order valence-electron chi connectivity index (χ1n) is 10.7. The number of rotatable bonds is 19. The predicted molar refractivity (Wildman–Crippen MR) is 106 cm³/mol. The summed E-state index contributed by atoms with van der Waals surface area (Å²) in [4.78, 5) is 11.4. The number of nitrogens with two attached hydrogens (primary N) is 1. The minimum Gasteiger partial charge on any atom is -0.463 e. The van der Waals surface area contributed by atoms with Crippen LogP contribution in [-0.2, 0) is 9.53 Å². The molecule has 1 atom stereocenters. The Labute approximate surface area is 155 Å². The van der Waals surface area contributed by atoms with Crippen molar-refractivity contribution in [1.29, 1.82) is 0 Å². The van der Waals surface area contributed by atoms with Gasteiger partial charge >= 0.3 is 5.97 Å². The number of unbranched alkanes of at least 4 members (excludes halogenated alkanes) is 14. The average Bonchev–Trinajstić information content (AvgIpc) is 2.62. The fraction of sp³-hybridized carbons (Fsp3) is 0.952. The molecule has 0 aromatic carbocycles. The van der Waals surface area contributed by atoms with E-state index in [1.165, 1.54) is 83.5 Å². The quantitative estimate of drug-likeness (QED) is 0.249. The molecular formula is C21H43NO3. The highest BCUT2D eigenvalue weighted by Crippen LogP contribution is 2.13. The Balaban J connectivity index is 3.12. The molecule has 0 amide bonds. The molecule has 1 unspecified atom stereocenters. The Kier molecular flexibility index (Phi) is 19.2. The largest absolute Gasteiger partial charge is 0.463 e. The Morgan fingerprint density at radius 1 is 0.800 bits per heavy atom. The van der Waals surface area contributed by atoms with Crippen LogP contribution in [0.1, 0.15) is 110 Å². The second-order valence-corrected chi connectivity index (χ2v) is 7.27. The molecule has 3 N–H and O–H groups in total. The first-order valence-corrected chi connectivity index (χ1v) is 10.7. The van der Waals surface area contributed by atoms with E-state index < -0.39 is 6.10 Å². The van der Waals surface area contributed by atoms with Crippen LogP contribution in [0.15, 0.2) is 0 Å². The van der Waals surface area contributed by atoms with Gasteiger partial charge in [0.15, 0.2) is 0 Å². The van der Waals surface area contributed by atoms with Crippen LogP contribution in [0.4, 0.5) is 0 Å². The molecule has 0 saturated carbocycles. The summed E-state index contributed by atoms with van der Waals surface area (Å²) < 4.78 is 4.94. The molecule has 0 aliphatic rings. The monoisotopic (exact) mass is 357 g/mol. The summed E-state index contributed by atoms with van der Waals surface area (Å²) in [6, 6.07) is 0. The van der Waals surface area contributed by atoms with Gasteiger partial charge in [-0.15, -0.1) is 0 Å². The normalized spacial score (nSPS) is 12.3. The molecule has 0 spiro atoms. The first-order chi connectivity index (χ1) is 12.2. The van der Waals surface area contributed by atoms with Crippen LogP contribution in [0.2, 0.25) is 0 Å². The van der Waals surface area contributed by atoms with Crippen molar-refractivity contribution < 1.29 is 14.6 Å². The fourth-order valence-electron chi connectivity index (χ4n) is 2.97. The number of aliphatic hydroxyl groups is 1. The molecule has 25 heavy (non-hydrogen) atoms. The molecule has 0 heterocycles. The highest BCUT2D eigenvalue weighted by molar-refractivity contribution is 5.69. The lowest BCUT2D eigenvalue weighted by atomic mass is 10.0. The van der Waals surface area contributed by atoms with E-state index in [1.807, 2.05) is 0 Å². The Hall–Kier alpha value is -0.610. The second-order valence-electron chi connectivity index (χ2n) is 7.27. The number of carbonyl (C=O) groups excluding carboxylic acids is 1. The molecule has 0 aliphatic carbocycles. The van der Waals surface area contributed by atoms with E-state index in [0.717, 1.165) is 12.8 Å². The van der Waals surface area contributed by atoms with Gasteiger partial charge in [-0.1, -0.05) is 96.8 Å². The minimum absolute atomic E-state index is 0.0219. The number of esters is 1. The first kappa shape index (κ1) is 24.4. The number of aliphatic hydroxyl groups excluding tert-OH is 1. The average molecular weight is 358 g/mol. The van der Waals surface area contributed by atoms with Crippen LogP contribution in [0.3, 0.4) is 0 Å². The van der Waals surface area contributed by atoms with Crippen molar-refractivity contribution in [2.45, 2.75) is 116 Å². The van der Waals surface area contributed by atoms with E-state index in [4.69, 9.17) is 10.5 Å². The van der Waals surface area contributed by atoms with E-state index in [1.54, 1.807) is 0 Å². The predicted octanol–water partition coefficient (Wildman–Crippen LogP) is 5.11. The van der Waals surface area contributed by atoms with E-state index in [0.29, 0.717) is 6.42 Å². The highest BCUT2D eigenvalue weighted by atomic mass is 16.5. The van der Waals surface area contributed by atoms with Crippen LogP contribution in [0.5, 0.6) is 0 Å². The maximum Gasteiger partial charge on any atom is 0.305 e. The number of hydrogen-bond donors (Lipinski definition) is 2. The maximum atomic E-state index is 11.4. The molecule has 0 bridgehead atoms. The summed E-state index contributed by atoms with van der Waals surface area (Å²) in [6.07, 6.45) is 19.5. The van der Waals surface area contributed by atoms with Crippen molar-refractivity contribution in [3.8, 4) is 0 Å². The van der Waals surface area contributed by atoms with Crippen molar-refractivity contribution in [2.24, 2.45) is 5.73 Å². The lowest BCUT2D eigenvalue weighted by Gasteiger charge is -2.08. The summed E-state index contributed by atoms with van der Waals surface area (Å²) >= 11 is 0. The fourth-order valence-corrected chi connectivity index (χ4v) is 2.97. The lowest BCUT2D eigenvalue weighted by Crippen LogP contribution is -2.26. The number of ether oxygens (including phenoxy) is 1. The van der Waals surface area contributed by atoms with E-state index >= 15 is 0 Å². The summed E-state index contributed by atoms with van der Waals surface area (Å²) in [6.45, 7) is 2.42. The maximum absolute atomic E-state index is 11.4. The van der Waals surface area contributed by atoms with Gasteiger partial charge in [0.2, 0.25) is 0 Å². The van der Waals surface area contributed by atoms with Crippen LogP contribution in [-0.4, -0.2) is 30.3 Å². The molecule has 0 aromatic rings. The topological polar surface area (TPSA) is 72.5 Å². The van der Waals surface area contributed by atoms with Crippen molar-refractivity contribution >= 4 is 5.97 Å². The zero-order valence-corrected chi connectivity index (χ0v) is 16.6. The molecule has 4 heteroatoms. The van der Waals surface area contributed by atoms with Crippen LogP contribution >= 0.6 is 0 Å². The molecule has 0 fully saturated rings. The van der Waals surface area contributed by atoms with Gasteiger partial charge in [0, 0.05) is 13.0 Å². The summed E-state index contributed by atoms with van der Waals surface area (Å²) in [5.74, 6) is -0.220. The van der Waals surface area contributed by atoms with E-state index in [2.05, 4.69) is 6.92 Å². The van der Waals surface area contributed by atoms with Gasteiger partial charge < -0.3 is 15.6 Å². The van der Waals surface area contributed by atoms with Crippen molar-refractivity contribution in [3.05, 3.63) is 0 Å². The van der Waals surface area contributed by atoms with Crippen molar-refractivity contribution in [1.82, 2.24) is 0 Å². The zero-order chi connectivity index (χ0) is 18.6. The van der Waals surface area contributed by atoms with Crippen LogP contribution in [0.25, 0.3) is 0 Å². The zero-order valence-electron chi connectivity index (χ0n) is 16.6. The summed E-state index contributed by atoms with van der Waals surface area (Å²) in [5.41, 5.74) is 5.25. The Bertz CT molecular complexity index is 284. The van der Waals surface area contributed by atoms with Crippen molar-refractivity contribution in [2.75, 3.05) is 13.2 Å². The molecule has 4 nitrogen and oxygen atoms in total. The molecule has 150 valence electrons. The number of hydrogen-bond acceptors (Lipinski definition) is 4. The Morgan fingerprint density at radius 3 is 1.60 bits per heavy atom. The molecule has 0 saturated heterocycles. The molecule has 0 rings (SSSR count). The smallest absolute Gasteiger partial charge is 0.305 e. The Morgan fingerprint density at radius 2 is 1.20 bits per heavy atom. The third-order valence-electron chi connectivity index (χ3n) is 4.69.